The Hall–Kier alpha value is -1.42. The third kappa shape index (κ3) is 4.11. The number of hydrogen-bond donors (Lipinski definition) is 2. The zero-order valence-electron chi connectivity index (χ0n) is 12.4. The first-order chi connectivity index (χ1) is 10.5. The van der Waals surface area contributed by atoms with Gasteiger partial charge in [-0.3, -0.25) is 0 Å². The Morgan fingerprint density at radius 1 is 1.22 bits per heavy atom. The lowest BCUT2D eigenvalue weighted by atomic mass is 9.79. The van der Waals surface area contributed by atoms with Crippen molar-refractivity contribution in [2.45, 2.75) is 38.3 Å². The second kappa shape index (κ2) is 6.24. The van der Waals surface area contributed by atoms with Gasteiger partial charge in [0, 0.05) is 31.4 Å². The molecule has 0 spiro atoms. The van der Waals surface area contributed by atoms with E-state index >= 15 is 0 Å². The summed E-state index contributed by atoms with van der Waals surface area (Å²) in [5, 5.41) is 18.7. The molecule has 1 fully saturated rings. The van der Waals surface area contributed by atoms with Gasteiger partial charge in [0.05, 0.1) is 11.3 Å². The first kappa shape index (κ1) is 17.9. The minimum Gasteiger partial charge on any atom is -0.423 e. The SMILES string of the molecule is Cc1nc(N2CCCC(F)(F)CC2)c(B(O)O)cc1C(F)(F)F. The van der Waals surface area contributed by atoms with Crippen molar-refractivity contribution >= 4 is 18.4 Å². The molecule has 23 heavy (non-hydrogen) atoms. The van der Waals surface area contributed by atoms with E-state index in [4.69, 9.17) is 0 Å². The highest BCUT2D eigenvalue weighted by Gasteiger charge is 2.37. The highest BCUT2D eigenvalue weighted by molar-refractivity contribution is 6.60. The third-order valence-corrected chi connectivity index (χ3v) is 3.82. The minimum atomic E-state index is -4.69. The highest BCUT2D eigenvalue weighted by atomic mass is 19.4. The summed E-state index contributed by atoms with van der Waals surface area (Å²) < 4.78 is 65.6. The van der Waals surface area contributed by atoms with Crippen molar-refractivity contribution in [3.05, 3.63) is 17.3 Å². The zero-order chi connectivity index (χ0) is 17.4. The van der Waals surface area contributed by atoms with Gasteiger partial charge < -0.3 is 14.9 Å². The number of pyridine rings is 1. The predicted molar refractivity (Wildman–Crippen MR) is 74.8 cm³/mol. The van der Waals surface area contributed by atoms with Gasteiger partial charge in [-0.05, 0) is 19.4 Å². The Labute approximate surface area is 130 Å². The van der Waals surface area contributed by atoms with E-state index in [9.17, 15) is 32.0 Å². The maximum absolute atomic E-state index is 13.4. The summed E-state index contributed by atoms with van der Waals surface area (Å²) in [4.78, 5) is 5.19. The maximum atomic E-state index is 13.4. The number of aromatic nitrogens is 1. The van der Waals surface area contributed by atoms with E-state index in [1.165, 1.54) is 4.90 Å². The van der Waals surface area contributed by atoms with Crippen LogP contribution < -0.4 is 10.4 Å². The van der Waals surface area contributed by atoms with Gasteiger partial charge >= 0.3 is 13.3 Å². The molecule has 2 rings (SSSR count). The fraction of sp³-hybridized carbons (Fsp3) is 0.615. The normalized spacial score (nSPS) is 18.7. The average molecular weight is 338 g/mol. The topological polar surface area (TPSA) is 56.6 Å². The van der Waals surface area contributed by atoms with Crippen molar-refractivity contribution in [1.29, 1.82) is 0 Å². The van der Waals surface area contributed by atoms with Gasteiger partial charge in [-0.25, -0.2) is 13.8 Å². The molecule has 4 nitrogen and oxygen atoms in total. The van der Waals surface area contributed by atoms with Gasteiger partial charge in [-0.15, -0.1) is 0 Å². The lowest BCUT2D eigenvalue weighted by molar-refractivity contribution is -0.138. The third-order valence-electron chi connectivity index (χ3n) is 3.82. The van der Waals surface area contributed by atoms with Crippen LogP contribution in [-0.4, -0.2) is 41.2 Å². The number of alkyl halides is 5. The maximum Gasteiger partial charge on any atom is 0.492 e. The van der Waals surface area contributed by atoms with Crippen molar-refractivity contribution in [1.82, 2.24) is 4.98 Å². The van der Waals surface area contributed by atoms with Gasteiger partial charge in [0.25, 0.3) is 0 Å². The molecule has 1 aliphatic heterocycles. The molecule has 0 radical (unpaired) electrons. The van der Waals surface area contributed by atoms with Crippen LogP contribution in [0, 0.1) is 6.92 Å². The van der Waals surface area contributed by atoms with E-state index in [0.29, 0.717) is 6.07 Å². The first-order valence-corrected chi connectivity index (χ1v) is 7.09. The largest absolute Gasteiger partial charge is 0.492 e. The molecular formula is C13H16BF5N2O2. The van der Waals surface area contributed by atoms with Crippen LogP contribution in [0.25, 0.3) is 0 Å². The lowest BCUT2D eigenvalue weighted by Crippen LogP contribution is -2.40. The quantitative estimate of drug-likeness (QED) is 0.637. The van der Waals surface area contributed by atoms with Crippen molar-refractivity contribution < 1.29 is 32.0 Å². The van der Waals surface area contributed by atoms with E-state index in [1.807, 2.05) is 0 Å². The van der Waals surface area contributed by atoms with Crippen LogP contribution in [-0.2, 0) is 6.18 Å². The monoisotopic (exact) mass is 338 g/mol. The highest BCUT2D eigenvalue weighted by Crippen LogP contribution is 2.33. The molecule has 0 aromatic carbocycles. The van der Waals surface area contributed by atoms with Crippen molar-refractivity contribution in [2.75, 3.05) is 18.0 Å². The molecule has 1 aromatic rings. The van der Waals surface area contributed by atoms with Crippen LogP contribution in [0.4, 0.5) is 27.8 Å². The molecular weight excluding hydrogens is 322 g/mol. The number of nitrogens with zero attached hydrogens (tertiary/aromatic N) is 2. The van der Waals surface area contributed by atoms with Crippen molar-refractivity contribution in [2.24, 2.45) is 0 Å². The van der Waals surface area contributed by atoms with E-state index in [0.717, 1.165) is 6.92 Å². The van der Waals surface area contributed by atoms with Crippen LogP contribution in [0.3, 0.4) is 0 Å². The smallest absolute Gasteiger partial charge is 0.423 e. The molecule has 0 amide bonds. The summed E-state index contributed by atoms with van der Waals surface area (Å²) in [6, 6.07) is 0.616. The zero-order valence-corrected chi connectivity index (χ0v) is 12.4. The molecule has 128 valence electrons. The molecule has 0 bridgehead atoms. The number of halogens is 5. The summed E-state index contributed by atoms with van der Waals surface area (Å²) in [5.41, 5.74) is -1.86. The fourth-order valence-electron chi connectivity index (χ4n) is 2.61. The Kier molecular flexibility index (Phi) is 4.86. The Bertz CT molecular complexity index is 580. The molecule has 1 aromatic heterocycles. The van der Waals surface area contributed by atoms with Gasteiger partial charge in [0.15, 0.2) is 0 Å². The Morgan fingerprint density at radius 3 is 2.43 bits per heavy atom. The molecule has 0 atom stereocenters. The molecule has 0 aliphatic carbocycles. The molecule has 1 aliphatic rings. The van der Waals surface area contributed by atoms with Crippen LogP contribution in [0.2, 0.25) is 0 Å². The summed E-state index contributed by atoms with van der Waals surface area (Å²) in [7, 11) is -2.18. The molecule has 0 saturated carbocycles. The summed E-state index contributed by atoms with van der Waals surface area (Å²) >= 11 is 0. The number of hydrogen-bond acceptors (Lipinski definition) is 4. The average Bonchev–Trinajstić information content (AvgIpc) is 2.57. The molecule has 10 heteroatoms. The molecule has 0 unspecified atom stereocenters. The van der Waals surface area contributed by atoms with Crippen LogP contribution in [0.5, 0.6) is 0 Å². The van der Waals surface area contributed by atoms with Gasteiger partial charge in [-0.2, -0.15) is 13.2 Å². The summed E-state index contributed by atoms with van der Waals surface area (Å²) in [6.07, 6.45) is -5.34. The summed E-state index contributed by atoms with van der Waals surface area (Å²) in [5.74, 6) is -2.93. The van der Waals surface area contributed by atoms with Crippen LogP contribution in [0.1, 0.15) is 30.5 Å². The Balaban J connectivity index is 2.43. The predicted octanol–water partition coefficient (Wildman–Crippen LogP) is 1.71. The van der Waals surface area contributed by atoms with E-state index < -0.39 is 36.7 Å². The van der Waals surface area contributed by atoms with Gasteiger partial charge in [-0.1, -0.05) is 0 Å². The van der Waals surface area contributed by atoms with E-state index in [1.54, 1.807) is 0 Å². The second-order valence-electron chi connectivity index (χ2n) is 5.60. The number of anilines is 1. The standard InChI is InChI=1S/C13H16BF5N2O2/c1-8-9(13(17,18)19)7-10(14(22)23)11(20-8)21-5-2-3-12(15,16)4-6-21/h7,22-23H,2-6H2,1H3. The lowest BCUT2D eigenvalue weighted by Gasteiger charge is -2.26. The van der Waals surface area contributed by atoms with E-state index in [2.05, 4.69) is 4.98 Å². The number of rotatable bonds is 2. The number of aryl methyl sites for hydroxylation is 1. The Morgan fingerprint density at radius 2 is 1.87 bits per heavy atom. The fourth-order valence-corrected chi connectivity index (χ4v) is 2.61. The van der Waals surface area contributed by atoms with Gasteiger partial charge in [0.2, 0.25) is 5.92 Å². The van der Waals surface area contributed by atoms with Crippen LogP contribution >= 0.6 is 0 Å². The second-order valence-corrected chi connectivity index (χ2v) is 5.60. The molecule has 2 N–H and O–H groups in total. The van der Waals surface area contributed by atoms with Gasteiger partial charge in [0.1, 0.15) is 5.82 Å². The molecule has 1 saturated heterocycles. The first-order valence-electron chi connectivity index (χ1n) is 7.09. The van der Waals surface area contributed by atoms with Crippen molar-refractivity contribution in [3.8, 4) is 0 Å². The van der Waals surface area contributed by atoms with Crippen molar-refractivity contribution in [3.63, 3.8) is 0 Å². The summed E-state index contributed by atoms with van der Waals surface area (Å²) in [6.45, 7) is 1.18. The molecule has 2 heterocycles. The van der Waals surface area contributed by atoms with Crippen LogP contribution in [0.15, 0.2) is 6.07 Å². The minimum absolute atomic E-state index is 0.0943. The van der Waals surface area contributed by atoms with E-state index in [-0.39, 0.29) is 37.4 Å².